The third-order valence-electron chi connectivity index (χ3n) is 5.95. The van der Waals surface area contributed by atoms with Gasteiger partial charge in [-0.2, -0.15) is 0 Å². The molecule has 2 aliphatic rings. The molecule has 4 rings (SSSR count). The zero-order valence-corrected chi connectivity index (χ0v) is 20.0. The first-order valence-electron chi connectivity index (χ1n) is 11.0. The summed E-state index contributed by atoms with van der Waals surface area (Å²) < 4.78 is 12.0. The molecule has 0 unspecified atom stereocenters. The van der Waals surface area contributed by atoms with E-state index in [4.69, 9.17) is 25.9 Å². The molecule has 1 saturated heterocycles. The van der Waals surface area contributed by atoms with Crippen molar-refractivity contribution in [3.8, 4) is 11.5 Å². The van der Waals surface area contributed by atoms with E-state index in [2.05, 4.69) is 27.5 Å². The Bertz CT molecular complexity index is 1100. The SMILES string of the molecule is COc1cc(OC)c(C2=NO[C@H](C(=O)Nc3ncn(CC(=O)N4CCC(C)CC4)n3)C2)cc1Cl. The number of hydrogen-bond donors (Lipinski definition) is 1. The first-order valence-corrected chi connectivity index (χ1v) is 11.4. The smallest absolute Gasteiger partial charge is 0.271 e. The Balaban J connectivity index is 1.33. The minimum absolute atomic E-state index is 0.0149. The number of methoxy groups -OCH3 is 2. The molecule has 11 nitrogen and oxygen atoms in total. The number of carbonyl (C=O) groups excluding carboxylic acids is 2. The molecule has 0 radical (unpaired) electrons. The summed E-state index contributed by atoms with van der Waals surface area (Å²) in [7, 11) is 3.03. The highest BCUT2D eigenvalue weighted by Gasteiger charge is 2.31. The minimum Gasteiger partial charge on any atom is -0.496 e. The molecule has 1 aromatic carbocycles. The summed E-state index contributed by atoms with van der Waals surface area (Å²) in [5, 5.41) is 11.2. The van der Waals surface area contributed by atoms with Crippen molar-refractivity contribution in [1.82, 2.24) is 19.7 Å². The summed E-state index contributed by atoms with van der Waals surface area (Å²) in [4.78, 5) is 36.4. The monoisotopic (exact) mass is 490 g/mol. The quantitative estimate of drug-likeness (QED) is 0.632. The number of hydrogen-bond acceptors (Lipinski definition) is 8. The van der Waals surface area contributed by atoms with Crippen LogP contribution in [0, 0.1) is 5.92 Å². The molecule has 2 aliphatic heterocycles. The summed E-state index contributed by atoms with van der Waals surface area (Å²) in [5.41, 5.74) is 1.12. The molecule has 0 bridgehead atoms. The molecule has 2 aromatic rings. The van der Waals surface area contributed by atoms with E-state index < -0.39 is 12.0 Å². The maximum Gasteiger partial charge on any atom is 0.271 e. The van der Waals surface area contributed by atoms with Crippen molar-refractivity contribution in [2.75, 3.05) is 32.6 Å². The van der Waals surface area contributed by atoms with Gasteiger partial charge in [0, 0.05) is 31.1 Å². The summed E-state index contributed by atoms with van der Waals surface area (Å²) >= 11 is 6.24. The predicted octanol–water partition coefficient (Wildman–Crippen LogP) is 2.34. The first-order chi connectivity index (χ1) is 16.4. The van der Waals surface area contributed by atoms with Gasteiger partial charge in [-0.1, -0.05) is 23.7 Å². The van der Waals surface area contributed by atoms with Crippen LogP contribution in [0.2, 0.25) is 5.02 Å². The van der Waals surface area contributed by atoms with Gasteiger partial charge in [-0.05, 0) is 24.8 Å². The van der Waals surface area contributed by atoms with Gasteiger partial charge in [0.25, 0.3) is 5.91 Å². The second kappa shape index (κ2) is 10.3. The van der Waals surface area contributed by atoms with Gasteiger partial charge < -0.3 is 19.2 Å². The maximum absolute atomic E-state index is 12.7. The van der Waals surface area contributed by atoms with Gasteiger partial charge in [0.2, 0.25) is 18.0 Å². The highest BCUT2D eigenvalue weighted by Crippen LogP contribution is 2.34. The zero-order valence-electron chi connectivity index (χ0n) is 19.3. The highest BCUT2D eigenvalue weighted by molar-refractivity contribution is 6.32. The molecular formula is C22H27ClN6O5. The van der Waals surface area contributed by atoms with E-state index in [0.717, 1.165) is 25.9 Å². The van der Waals surface area contributed by atoms with Crippen LogP contribution in [-0.2, 0) is 21.0 Å². The van der Waals surface area contributed by atoms with E-state index in [1.165, 1.54) is 25.2 Å². The number of likely N-dealkylation sites (tertiary alicyclic amines) is 1. The van der Waals surface area contributed by atoms with Gasteiger partial charge in [0.15, 0.2) is 0 Å². The van der Waals surface area contributed by atoms with Gasteiger partial charge >= 0.3 is 0 Å². The molecule has 12 heteroatoms. The summed E-state index contributed by atoms with van der Waals surface area (Å²) in [5.74, 6) is 1.23. The number of oxime groups is 1. The number of aromatic nitrogens is 3. The lowest BCUT2D eigenvalue weighted by Crippen LogP contribution is -2.39. The van der Waals surface area contributed by atoms with Crippen molar-refractivity contribution in [2.24, 2.45) is 11.1 Å². The second-order valence-electron chi connectivity index (χ2n) is 8.34. The number of benzene rings is 1. The Morgan fingerprint density at radius 1 is 1.21 bits per heavy atom. The van der Waals surface area contributed by atoms with E-state index in [0.29, 0.717) is 33.7 Å². The van der Waals surface area contributed by atoms with Gasteiger partial charge in [0.1, 0.15) is 24.4 Å². The van der Waals surface area contributed by atoms with Gasteiger partial charge in [-0.3, -0.25) is 14.9 Å². The van der Waals surface area contributed by atoms with Crippen molar-refractivity contribution >= 4 is 35.1 Å². The third-order valence-corrected chi connectivity index (χ3v) is 6.25. The zero-order chi connectivity index (χ0) is 24.2. The fourth-order valence-electron chi connectivity index (χ4n) is 3.88. The Labute approximate surface area is 202 Å². The van der Waals surface area contributed by atoms with Crippen LogP contribution in [0.5, 0.6) is 11.5 Å². The number of carbonyl (C=O) groups is 2. The van der Waals surface area contributed by atoms with Crippen molar-refractivity contribution in [1.29, 1.82) is 0 Å². The van der Waals surface area contributed by atoms with Crippen LogP contribution in [0.3, 0.4) is 0 Å². The summed E-state index contributed by atoms with van der Waals surface area (Å²) in [6, 6.07) is 3.31. The first kappa shape index (κ1) is 23.8. The normalized spacial score (nSPS) is 18.3. The van der Waals surface area contributed by atoms with Crippen molar-refractivity contribution in [3.05, 3.63) is 29.0 Å². The van der Waals surface area contributed by atoms with Crippen LogP contribution in [0.25, 0.3) is 0 Å². The number of ether oxygens (including phenoxy) is 2. The van der Waals surface area contributed by atoms with Crippen LogP contribution < -0.4 is 14.8 Å². The lowest BCUT2D eigenvalue weighted by Gasteiger charge is -2.30. The van der Waals surface area contributed by atoms with Crippen molar-refractivity contribution in [2.45, 2.75) is 38.8 Å². The largest absolute Gasteiger partial charge is 0.496 e. The average Bonchev–Trinajstić information content (AvgIpc) is 3.49. The van der Waals surface area contributed by atoms with Crippen LogP contribution in [0.1, 0.15) is 31.7 Å². The molecule has 0 spiro atoms. The molecule has 1 N–H and O–H groups in total. The molecule has 182 valence electrons. The second-order valence-corrected chi connectivity index (χ2v) is 8.75. The molecule has 1 aromatic heterocycles. The van der Waals surface area contributed by atoms with E-state index in [1.807, 2.05) is 4.90 Å². The lowest BCUT2D eigenvalue weighted by molar-refractivity contribution is -0.133. The maximum atomic E-state index is 12.7. The fourth-order valence-corrected chi connectivity index (χ4v) is 4.12. The van der Waals surface area contributed by atoms with E-state index in [9.17, 15) is 9.59 Å². The van der Waals surface area contributed by atoms with Crippen LogP contribution in [0.4, 0.5) is 5.95 Å². The number of amides is 2. The molecule has 1 atom stereocenters. The molecule has 0 saturated carbocycles. The molecule has 34 heavy (non-hydrogen) atoms. The topological polar surface area (TPSA) is 120 Å². The molecule has 1 fully saturated rings. The fraction of sp³-hybridized carbons (Fsp3) is 0.500. The number of piperidine rings is 1. The standard InChI is InChI=1S/C22H27ClN6O5/c1-13-4-6-28(7-5-13)20(30)11-29-12-24-22(26-29)25-21(31)19-9-16(27-34-19)14-8-15(23)18(33-3)10-17(14)32-2/h8,10,12-13,19H,4-7,9,11H2,1-3H3,(H,25,26,31)/t19-/m0/s1. The number of anilines is 1. The third kappa shape index (κ3) is 5.24. The van der Waals surface area contributed by atoms with E-state index in [1.54, 1.807) is 12.1 Å². The molecule has 2 amide bonds. The Hall–Kier alpha value is -3.34. The average molecular weight is 491 g/mol. The van der Waals surface area contributed by atoms with E-state index in [-0.39, 0.29) is 24.8 Å². The Morgan fingerprint density at radius 2 is 1.94 bits per heavy atom. The highest BCUT2D eigenvalue weighted by atomic mass is 35.5. The number of halogens is 1. The van der Waals surface area contributed by atoms with Crippen molar-refractivity contribution < 1.29 is 23.9 Å². The predicted molar refractivity (Wildman–Crippen MR) is 124 cm³/mol. The number of nitrogens with zero attached hydrogens (tertiary/aromatic N) is 5. The van der Waals surface area contributed by atoms with E-state index >= 15 is 0 Å². The van der Waals surface area contributed by atoms with Gasteiger partial charge in [0.05, 0.1) is 25.0 Å². The summed E-state index contributed by atoms with van der Waals surface area (Å²) in [6.45, 7) is 3.77. The van der Waals surface area contributed by atoms with Crippen LogP contribution in [0.15, 0.2) is 23.6 Å². The van der Waals surface area contributed by atoms with Crippen LogP contribution in [-0.4, -0.2) is 70.6 Å². The Morgan fingerprint density at radius 3 is 2.65 bits per heavy atom. The van der Waals surface area contributed by atoms with Crippen molar-refractivity contribution in [3.63, 3.8) is 0 Å². The summed E-state index contributed by atoms with van der Waals surface area (Å²) in [6.07, 6.45) is 2.76. The van der Waals surface area contributed by atoms with Gasteiger partial charge in [-0.15, -0.1) is 5.10 Å². The molecule has 0 aliphatic carbocycles. The van der Waals surface area contributed by atoms with Gasteiger partial charge in [-0.25, -0.2) is 9.67 Å². The minimum atomic E-state index is -0.871. The Kier molecular flexibility index (Phi) is 7.20. The lowest BCUT2D eigenvalue weighted by atomic mass is 9.99. The molecule has 3 heterocycles. The number of nitrogens with one attached hydrogen (secondary N) is 1. The number of rotatable bonds is 7. The van der Waals surface area contributed by atoms with Crippen LogP contribution >= 0.6 is 11.6 Å². The molecular weight excluding hydrogens is 464 g/mol.